The first-order valence-electron chi connectivity index (χ1n) is 7.28. The van der Waals surface area contributed by atoms with E-state index in [0.717, 1.165) is 17.6 Å². The summed E-state index contributed by atoms with van der Waals surface area (Å²) in [5.41, 5.74) is 2.65. The molecule has 1 N–H and O–H groups in total. The monoisotopic (exact) mass is 363 g/mol. The van der Waals surface area contributed by atoms with Crippen molar-refractivity contribution in [2.75, 3.05) is 6.54 Å². The van der Waals surface area contributed by atoms with Crippen molar-refractivity contribution in [3.8, 4) is 0 Å². The van der Waals surface area contributed by atoms with Crippen LogP contribution in [0.25, 0.3) is 0 Å². The van der Waals surface area contributed by atoms with Gasteiger partial charge in [-0.25, -0.2) is 0 Å². The van der Waals surface area contributed by atoms with Crippen LogP contribution in [-0.2, 0) is 6.54 Å². The summed E-state index contributed by atoms with van der Waals surface area (Å²) in [4.78, 5) is 2.60. The van der Waals surface area contributed by atoms with Crippen LogP contribution in [-0.4, -0.2) is 6.54 Å². The van der Waals surface area contributed by atoms with Crippen molar-refractivity contribution in [2.24, 2.45) is 5.92 Å². The molecule has 0 aliphatic heterocycles. The lowest BCUT2D eigenvalue weighted by molar-refractivity contribution is 0.550. The van der Waals surface area contributed by atoms with Gasteiger partial charge in [0, 0.05) is 20.8 Å². The third-order valence-electron chi connectivity index (χ3n) is 3.11. The van der Waals surface area contributed by atoms with E-state index in [4.69, 9.17) is 0 Å². The summed E-state index contributed by atoms with van der Waals surface area (Å²) in [7, 11) is 0. The van der Waals surface area contributed by atoms with Crippen LogP contribution in [0.5, 0.6) is 0 Å². The van der Waals surface area contributed by atoms with E-state index in [0.29, 0.717) is 5.92 Å². The number of rotatable bonds is 6. The molecule has 3 heteroatoms. The second-order valence-electron chi connectivity index (χ2n) is 5.70. The third-order valence-corrected chi connectivity index (χ3v) is 4.70. The van der Waals surface area contributed by atoms with Gasteiger partial charge >= 0.3 is 0 Å². The summed E-state index contributed by atoms with van der Waals surface area (Å²) in [6.45, 7) is 8.56. The number of halogens is 1. The average Bonchev–Trinajstić information content (AvgIpc) is 2.41. The zero-order chi connectivity index (χ0) is 15.2. The fourth-order valence-corrected chi connectivity index (χ4v) is 3.69. The Kier molecular flexibility index (Phi) is 6.34. The van der Waals surface area contributed by atoms with E-state index >= 15 is 0 Å². The lowest BCUT2D eigenvalue weighted by Crippen LogP contribution is -2.19. The van der Waals surface area contributed by atoms with E-state index in [1.54, 1.807) is 0 Å². The van der Waals surface area contributed by atoms with E-state index in [1.165, 1.54) is 20.9 Å². The molecule has 0 spiro atoms. The van der Waals surface area contributed by atoms with Gasteiger partial charge in [-0.15, -0.1) is 0 Å². The topological polar surface area (TPSA) is 12.0 Å². The second-order valence-corrected chi connectivity index (χ2v) is 7.73. The highest BCUT2D eigenvalue weighted by atomic mass is 79.9. The summed E-state index contributed by atoms with van der Waals surface area (Å²) in [5, 5.41) is 3.53. The van der Waals surface area contributed by atoms with Crippen molar-refractivity contribution in [3.63, 3.8) is 0 Å². The van der Waals surface area contributed by atoms with Gasteiger partial charge in [0.05, 0.1) is 0 Å². The Bertz CT molecular complexity index is 596. The van der Waals surface area contributed by atoms with Crippen LogP contribution >= 0.6 is 27.7 Å². The third kappa shape index (κ3) is 5.50. The van der Waals surface area contributed by atoms with Gasteiger partial charge in [0.15, 0.2) is 0 Å². The number of hydrogen-bond acceptors (Lipinski definition) is 2. The molecule has 0 heterocycles. The fourth-order valence-electron chi connectivity index (χ4n) is 2.07. The van der Waals surface area contributed by atoms with Crippen LogP contribution in [0.4, 0.5) is 0 Å². The zero-order valence-corrected chi connectivity index (χ0v) is 15.2. The Morgan fingerprint density at radius 2 is 1.95 bits per heavy atom. The van der Waals surface area contributed by atoms with Crippen molar-refractivity contribution in [3.05, 3.63) is 58.1 Å². The molecule has 0 fully saturated rings. The first kappa shape index (κ1) is 16.6. The molecule has 2 rings (SSSR count). The van der Waals surface area contributed by atoms with Crippen LogP contribution in [0.15, 0.2) is 56.7 Å². The first-order valence-corrected chi connectivity index (χ1v) is 8.89. The number of hydrogen-bond donors (Lipinski definition) is 1. The highest BCUT2D eigenvalue weighted by Crippen LogP contribution is 2.33. The SMILES string of the molecule is Cc1cccc(Sc2cc(Br)ccc2CNCC(C)C)c1. The maximum Gasteiger partial charge on any atom is 0.0216 e. The normalized spacial score (nSPS) is 11.1. The lowest BCUT2D eigenvalue weighted by Gasteiger charge is -2.12. The fraction of sp³-hybridized carbons (Fsp3) is 0.333. The van der Waals surface area contributed by atoms with E-state index in [-0.39, 0.29) is 0 Å². The minimum atomic E-state index is 0.674. The standard InChI is InChI=1S/C18H22BrNS/c1-13(2)11-20-12-15-7-8-16(19)10-18(15)21-17-6-4-5-14(3)9-17/h4-10,13,20H,11-12H2,1-3H3. The molecular weight excluding hydrogens is 342 g/mol. The summed E-state index contributed by atoms with van der Waals surface area (Å²) < 4.78 is 1.13. The molecule has 0 unspecified atom stereocenters. The predicted octanol–water partition coefficient (Wildman–Crippen LogP) is 5.65. The summed E-state index contributed by atoms with van der Waals surface area (Å²) in [6, 6.07) is 15.2. The Morgan fingerprint density at radius 1 is 1.14 bits per heavy atom. The van der Waals surface area contributed by atoms with E-state index in [1.807, 2.05) is 11.8 Å². The smallest absolute Gasteiger partial charge is 0.0216 e. The molecule has 0 bridgehead atoms. The molecular formula is C18H22BrNS. The first-order chi connectivity index (χ1) is 10.0. The number of nitrogens with one attached hydrogen (secondary N) is 1. The van der Waals surface area contributed by atoms with Crippen LogP contribution in [0.1, 0.15) is 25.0 Å². The molecule has 21 heavy (non-hydrogen) atoms. The van der Waals surface area contributed by atoms with Gasteiger partial charge in [0.25, 0.3) is 0 Å². The average molecular weight is 364 g/mol. The van der Waals surface area contributed by atoms with Gasteiger partial charge in [-0.1, -0.05) is 65.3 Å². The lowest BCUT2D eigenvalue weighted by atomic mass is 10.2. The van der Waals surface area contributed by atoms with Crippen LogP contribution in [0.2, 0.25) is 0 Å². The maximum atomic E-state index is 3.58. The molecule has 0 saturated heterocycles. The van der Waals surface area contributed by atoms with E-state index in [9.17, 15) is 0 Å². The Labute approximate surface area is 140 Å². The minimum absolute atomic E-state index is 0.674. The molecule has 0 aliphatic carbocycles. The van der Waals surface area contributed by atoms with Crippen molar-refractivity contribution < 1.29 is 0 Å². The Hall–Kier alpha value is -0.770. The van der Waals surface area contributed by atoms with Gasteiger partial charge in [-0.05, 0) is 49.2 Å². The second kappa shape index (κ2) is 8.02. The van der Waals surface area contributed by atoms with Crippen molar-refractivity contribution in [1.82, 2.24) is 5.32 Å². The molecule has 0 amide bonds. The largest absolute Gasteiger partial charge is 0.312 e. The Morgan fingerprint density at radius 3 is 2.67 bits per heavy atom. The summed E-state index contributed by atoms with van der Waals surface area (Å²) in [5.74, 6) is 0.674. The summed E-state index contributed by atoms with van der Waals surface area (Å²) >= 11 is 5.41. The Balaban J connectivity index is 2.15. The highest BCUT2D eigenvalue weighted by Gasteiger charge is 2.06. The van der Waals surface area contributed by atoms with Gasteiger partial charge in [0.2, 0.25) is 0 Å². The molecule has 0 aromatic heterocycles. The molecule has 2 aromatic rings. The molecule has 0 saturated carbocycles. The van der Waals surface area contributed by atoms with Crippen LogP contribution in [0.3, 0.4) is 0 Å². The van der Waals surface area contributed by atoms with Gasteiger partial charge in [-0.3, -0.25) is 0 Å². The maximum absolute atomic E-state index is 3.58. The van der Waals surface area contributed by atoms with Crippen LogP contribution < -0.4 is 5.32 Å². The van der Waals surface area contributed by atoms with Gasteiger partial charge < -0.3 is 5.32 Å². The molecule has 2 aromatic carbocycles. The van der Waals surface area contributed by atoms with Crippen molar-refractivity contribution in [1.29, 1.82) is 0 Å². The predicted molar refractivity (Wildman–Crippen MR) is 96.0 cm³/mol. The molecule has 0 aliphatic rings. The number of aryl methyl sites for hydroxylation is 1. The van der Waals surface area contributed by atoms with Crippen molar-refractivity contribution in [2.45, 2.75) is 37.1 Å². The van der Waals surface area contributed by atoms with E-state index in [2.05, 4.69) is 84.5 Å². The minimum Gasteiger partial charge on any atom is -0.312 e. The van der Waals surface area contributed by atoms with Crippen LogP contribution in [0, 0.1) is 12.8 Å². The van der Waals surface area contributed by atoms with E-state index < -0.39 is 0 Å². The zero-order valence-electron chi connectivity index (χ0n) is 12.8. The van der Waals surface area contributed by atoms with Crippen molar-refractivity contribution >= 4 is 27.7 Å². The van der Waals surface area contributed by atoms with Gasteiger partial charge in [-0.2, -0.15) is 0 Å². The highest BCUT2D eigenvalue weighted by molar-refractivity contribution is 9.10. The number of benzene rings is 2. The molecule has 1 nitrogen and oxygen atoms in total. The van der Waals surface area contributed by atoms with Gasteiger partial charge in [0.1, 0.15) is 0 Å². The quantitative estimate of drug-likeness (QED) is 0.710. The molecule has 0 radical (unpaired) electrons. The molecule has 0 atom stereocenters. The molecule has 112 valence electrons. The summed E-state index contributed by atoms with van der Waals surface area (Å²) in [6.07, 6.45) is 0.